The molecule has 2 aromatic rings. The maximum Gasteiger partial charge on any atom is 0.332 e. The fraction of sp³-hybridized carbons (Fsp3) is 0.333. The van der Waals surface area contributed by atoms with E-state index >= 15 is 0 Å². The van der Waals surface area contributed by atoms with Crippen molar-refractivity contribution in [2.45, 2.75) is 46.3 Å². The molecule has 1 aliphatic heterocycles. The number of anilines is 1. The van der Waals surface area contributed by atoms with E-state index in [4.69, 9.17) is 5.41 Å². The summed E-state index contributed by atoms with van der Waals surface area (Å²) in [6.07, 6.45) is 3.14. The Morgan fingerprint density at radius 3 is 2.40 bits per heavy atom. The van der Waals surface area contributed by atoms with Gasteiger partial charge in [-0.25, -0.2) is 9.69 Å². The van der Waals surface area contributed by atoms with Crippen LogP contribution in [0.1, 0.15) is 33.3 Å². The summed E-state index contributed by atoms with van der Waals surface area (Å²) in [6, 6.07) is 6.14. The number of imide groups is 1. The van der Waals surface area contributed by atoms with Gasteiger partial charge in [0.2, 0.25) is 0 Å². The fourth-order valence-electron chi connectivity index (χ4n) is 3.37. The van der Waals surface area contributed by atoms with Crippen molar-refractivity contribution in [1.82, 2.24) is 14.7 Å². The third-order valence-corrected chi connectivity index (χ3v) is 5.58. The molecule has 1 aromatic heterocycles. The molecule has 2 N–H and O–H groups in total. The molecular weight excluding hydrogens is 401 g/mol. The van der Waals surface area contributed by atoms with E-state index in [9.17, 15) is 14.7 Å². The number of rotatable bonds is 6. The Balaban J connectivity index is 1.86. The van der Waals surface area contributed by atoms with Gasteiger partial charge in [0.05, 0.1) is 18.4 Å². The highest BCUT2D eigenvalue weighted by molar-refractivity contribution is 7.22. The first kappa shape index (κ1) is 21.7. The van der Waals surface area contributed by atoms with Crippen molar-refractivity contribution in [3.8, 4) is 5.75 Å². The zero-order valence-electron chi connectivity index (χ0n) is 17.5. The van der Waals surface area contributed by atoms with E-state index in [-0.39, 0.29) is 18.2 Å². The largest absolute Gasteiger partial charge is 0.508 e. The first-order chi connectivity index (χ1) is 14.0. The summed E-state index contributed by atoms with van der Waals surface area (Å²) in [7, 11) is 2.59. The number of carbonyl (C=O) groups excluding carboxylic acids is 2. The number of phenols is 1. The number of aromatic nitrogens is 2. The standard InChI is InChI=1S/C21H26N5O3P/c1-13(22)18(14(2)30)12-24-11-16(9-23-24)26-19(28)21(3,4)25(20(26)29)10-15-5-7-17(27)8-6-15/h5-9,11,22,27H,10,12,30H2,1-4H3. The molecule has 1 aromatic carbocycles. The molecule has 1 fully saturated rings. The van der Waals surface area contributed by atoms with Gasteiger partial charge in [-0.3, -0.25) is 9.48 Å². The SMILES string of the molecule is CC(=N)C(Cn1cc(N2C(=O)N(Cc3ccc(O)cc3)C(C)(C)C2=O)cn1)=C(C)P. The van der Waals surface area contributed by atoms with Crippen molar-refractivity contribution in [2.75, 3.05) is 4.90 Å². The lowest BCUT2D eigenvalue weighted by atomic mass is 10.0. The molecular formula is C21H26N5O3P. The molecule has 3 rings (SSSR count). The average molecular weight is 427 g/mol. The quantitative estimate of drug-likeness (QED) is 0.418. The van der Waals surface area contributed by atoms with Crippen molar-refractivity contribution in [3.05, 3.63) is 53.1 Å². The molecule has 1 unspecified atom stereocenters. The second-order valence-electron chi connectivity index (χ2n) is 7.92. The van der Waals surface area contributed by atoms with E-state index in [1.807, 2.05) is 6.92 Å². The van der Waals surface area contributed by atoms with Crippen molar-refractivity contribution in [3.63, 3.8) is 0 Å². The van der Waals surface area contributed by atoms with Crippen LogP contribution in [-0.4, -0.2) is 43.0 Å². The number of carbonyl (C=O) groups is 2. The predicted octanol–water partition coefficient (Wildman–Crippen LogP) is 3.52. The minimum atomic E-state index is -1.02. The number of benzene rings is 1. The summed E-state index contributed by atoms with van der Waals surface area (Å²) in [5.41, 5.74) is 1.45. The molecule has 1 aliphatic rings. The molecule has 0 aliphatic carbocycles. The van der Waals surface area contributed by atoms with Crippen LogP contribution in [-0.2, 0) is 17.9 Å². The van der Waals surface area contributed by atoms with E-state index in [2.05, 4.69) is 14.3 Å². The van der Waals surface area contributed by atoms with Crippen LogP contribution in [0.5, 0.6) is 5.75 Å². The monoisotopic (exact) mass is 427 g/mol. The summed E-state index contributed by atoms with van der Waals surface area (Å²) in [5, 5.41) is 22.6. The highest BCUT2D eigenvalue weighted by Crippen LogP contribution is 2.33. The Labute approximate surface area is 177 Å². The number of hydrogen-bond acceptors (Lipinski definition) is 5. The normalized spacial score (nSPS) is 16.8. The number of urea groups is 1. The Morgan fingerprint density at radius 1 is 1.20 bits per heavy atom. The minimum Gasteiger partial charge on any atom is -0.508 e. The molecule has 30 heavy (non-hydrogen) atoms. The summed E-state index contributed by atoms with van der Waals surface area (Å²) in [6.45, 7) is 7.67. The minimum absolute atomic E-state index is 0.144. The Hall–Kier alpha value is -2.99. The van der Waals surface area contributed by atoms with Crippen molar-refractivity contribution < 1.29 is 14.7 Å². The van der Waals surface area contributed by atoms with E-state index in [1.165, 1.54) is 11.1 Å². The summed E-state index contributed by atoms with van der Waals surface area (Å²) < 4.78 is 1.62. The molecule has 1 atom stereocenters. The van der Waals surface area contributed by atoms with Gasteiger partial charge >= 0.3 is 6.03 Å². The van der Waals surface area contributed by atoms with Gasteiger partial charge in [0.15, 0.2) is 0 Å². The molecule has 0 bridgehead atoms. The lowest BCUT2D eigenvalue weighted by molar-refractivity contribution is -0.123. The van der Waals surface area contributed by atoms with Crippen LogP contribution in [0.3, 0.4) is 0 Å². The molecule has 1 saturated heterocycles. The van der Waals surface area contributed by atoms with Crippen LogP contribution in [0.15, 0.2) is 47.5 Å². The van der Waals surface area contributed by atoms with Crippen LogP contribution >= 0.6 is 9.24 Å². The molecule has 0 spiro atoms. The smallest absolute Gasteiger partial charge is 0.332 e. The maximum atomic E-state index is 13.1. The number of hydrogen-bond donors (Lipinski definition) is 2. The highest BCUT2D eigenvalue weighted by atomic mass is 31.0. The van der Waals surface area contributed by atoms with Crippen molar-refractivity contribution >= 4 is 32.6 Å². The molecule has 2 heterocycles. The highest BCUT2D eigenvalue weighted by Gasteiger charge is 2.52. The van der Waals surface area contributed by atoms with E-state index in [0.717, 1.165) is 21.4 Å². The van der Waals surface area contributed by atoms with Crippen LogP contribution in [0, 0.1) is 5.41 Å². The average Bonchev–Trinajstić information content (AvgIpc) is 3.18. The van der Waals surface area contributed by atoms with Gasteiger partial charge < -0.3 is 15.4 Å². The summed E-state index contributed by atoms with van der Waals surface area (Å²) in [4.78, 5) is 28.9. The lowest BCUT2D eigenvalue weighted by Gasteiger charge is -2.27. The van der Waals surface area contributed by atoms with Crippen molar-refractivity contribution in [1.29, 1.82) is 5.41 Å². The van der Waals surface area contributed by atoms with Crippen molar-refractivity contribution in [2.24, 2.45) is 0 Å². The van der Waals surface area contributed by atoms with Crippen LogP contribution in [0.2, 0.25) is 0 Å². The first-order valence-electron chi connectivity index (χ1n) is 9.49. The molecule has 3 amide bonds. The zero-order chi connectivity index (χ0) is 22.2. The lowest BCUT2D eigenvalue weighted by Crippen LogP contribution is -2.43. The molecule has 0 radical (unpaired) electrons. The first-order valence-corrected chi connectivity index (χ1v) is 10.1. The van der Waals surface area contributed by atoms with Crippen LogP contribution in [0.4, 0.5) is 10.5 Å². The van der Waals surface area contributed by atoms with Gasteiger partial charge in [-0.05, 0) is 56.3 Å². The number of nitrogens with one attached hydrogen (secondary N) is 1. The van der Waals surface area contributed by atoms with Gasteiger partial charge in [0.1, 0.15) is 11.3 Å². The zero-order valence-corrected chi connectivity index (χ0v) is 18.7. The van der Waals surface area contributed by atoms with Gasteiger partial charge in [-0.15, -0.1) is 9.24 Å². The Morgan fingerprint density at radius 2 is 1.83 bits per heavy atom. The van der Waals surface area contributed by atoms with Gasteiger partial charge in [0, 0.05) is 18.5 Å². The van der Waals surface area contributed by atoms with Gasteiger partial charge in [-0.2, -0.15) is 5.10 Å². The molecule has 9 heteroatoms. The maximum absolute atomic E-state index is 13.1. The fourth-order valence-corrected chi connectivity index (χ4v) is 3.68. The summed E-state index contributed by atoms with van der Waals surface area (Å²) >= 11 is 0. The van der Waals surface area contributed by atoms with E-state index in [0.29, 0.717) is 17.9 Å². The predicted molar refractivity (Wildman–Crippen MR) is 119 cm³/mol. The molecule has 0 saturated carbocycles. The second kappa shape index (κ2) is 8.03. The number of amides is 3. The van der Waals surface area contributed by atoms with Gasteiger partial charge in [0.25, 0.3) is 5.91 Å². The molecule has 8 nitrogen and oxygen atoms in total. The third kappa shape index (κ3) is 4.00. The second-order valence-corrected chi connectivity index (χ2v) is 8.78. The number of allylic oxidation sites excluding steroid dienone is 2. The number of nitrogens with zero attached hydrogens (tertiary/aromatic N) is 4. The third-order valence-electron chi connectivity index (χ3n) is 5.23. The van der Waals surface area contributed by atoms with E-state index in [1.54, 1.807) is 55.9 Å². The number of aromatic hydroxyl groups is 1. The van der Waals surface area contributed by atoms with Gasteiger partial charge in [-0.1, -0.05) is 12.1 Å². The number of phenolic OH excluding ortho intramolecular Hbond substituents is 1. The topological polar surface area (TPSA) is 103 Å². The Kier molecular flexibility index (Phi) is 5.81. The van der Waals surface area contributed by atoms with Crippen LogP contribution in [0.25, 0.3) is 0 Å². The summed E-state index contributed by atoms with van der Waals surface area (Å²) in [5.74, 6) is -0.183. The van der Waals surface area contributed by atoms with E-state index < -0.39 is 11.6 Å². The molecule has 158 valence electrons. The Bertz CT molecular complexity index is 1040. The van der Waals surface area contributed by atoms with Crippen LogP contribution < -0.4 is 4.90 Å².